The number of pyridine rings is 1. The van der Waals surface area contributed by atoms with Gasteiger partial charge < -0.3 is 14.7 Å². The quantitative estimate of drug-likeness (QED) is 0.609. The van der Waals surface area contributed by atoms with Crippen LogP contribution in [0.2, 0.25) is 0 Å². The number of carbonyl (C=O) groups is 1. The number of rotatable bonds is 5. The van der Waals surface area contributed by atoms with E-state index in [1.165, 1.54) is 28.7 Å². The van der Waals surface area contributed by atoms with Crippen LogP contribution in [0, 0.1) is 0 Å². The number of aryl methyl sites for hydroxylation is 2. The number of hydrogen-bond donors (Lipinski definition) is 1. The summed E-state index contributed by atoms with van der Waals surface area (Å²) in [6, 6.07) is 16.8. The summed E-state index contributed by atoms with van der Waals surface area (Å²) in [6.07, 6.45) is 8.02. The standard InChI is InChI=1S/C26H26N2O3/c29-26(30)23-11-13-27-17-20(23)8-7-18-12-15-31-25-16-21(9-10-22(18)25)28-14-3-5-19-4-1-2-6-24(19)28/h1-2,4,6,9-11,13,16-18H,3,5,7-8,12,14-15H2,(H,29,30). The van der Waals surface area contributed by atoms with Crippen molar-refractivity contribution in [2.75, 3.05) is 18.1 Å². The number of aromatic nitrogens is 1. The molecule has 5 rings (SSSR count). The van der Waals surface area contributed by atoms with Crippen LogP contribution in [0.3, 0.4) is 0 Å². The van der Waals surface area contributed by atoms with E-state index in [1.54, 1.807) is 12.3 Å². The van der Waals surface area contributed by atoms with Crippen LogP contribution in [0.15, 0.2) is 60.9 Å². The van der Waals surface area contributed by atoms with Crippen LogP contribution in [0.5, 0.6) is 5.75 Å². The molecule has 158 valence electrons. The van der Waals surface area contributed by atoms with Gasteiger partial charge in [0.1, 0.15) is 5.75 Å². The van der Waals surface area contributed by atoms with Crippen molar-refractivity contribution in [3.63, 3.8) is 0 Å². The lowest BCUT2D eigenvalue weighted by Crippen LogP contribution is -2.25. The van der Waals surface area contributed by atoms with Crippen molar-refractivity contribution in [2.45, 2.75) is 38.0 Å². The second kappa shape index (κ2) is 8.42. The van der Waals surface area contributed by atoms with Gasteiger partial charge in [0.2, 0.25) is 0 Å². The molecule has 2 aliphatic heterocycles. The van der Waals surface area contributed by atoms with Crippen LogP contribution < -0.4 is 9.64 Å². The van der Waals surface area contributed by atoms with Gasteiger partial charge in [-0.1, -0.05) is 24.3 Å². The monoisotopic (exact) mass is 414 g/mol. The Kier molecular flexibility index (Phi) is 5.33. The van der Waals surface area contributed by atoms with Crippen molar-refractivity contribution >= 4 is 17.3 Å². The van der Waals surface area contributed by atoms with Crippen molar-refractivity contribution in [1.29, 1.82) is 0 Å². The number of anilines is 2. The lowest BCUT2D eigenvalue weighted by Gasteiger charge is -2.33. The molecule has 1 atom stereocenters. The average Bonchev–Trinajstić information content (AvgIpc) is 2.82. The maximum absolute atomic E-state index is 11.5. The highest BCUT2D eigenvalue weighted by molar-refractivity contribution is 5.89. The first-order valence-electron chi connectivity index (χ1n) is 11.0. The molecule has 3 heterocycles. The highest BCUT2D eigenvalue weighted by Crippen LogP contribution is 2.41. The zero-order chi connectivity index (χ0) is 21.2. The van der Waals surface area contributed by atoms with Gasteiger partial charge in [0.15, 0.2) is 0 Å². The van der Waals surface area contributed by atoms with Crippen LogP contribution >= 0.6 is 0 Å². The molecular weight excluding hydrogens is 388 g/mol. The molecule has 1 aromatic heterocycles. The third-order valence-electron chi connectivity index (χ3n) is 6.48. The molecule has 5 nitrogen and oxygen atoms in total. The van der Waals surface area contributed by atoms with E-state index in [2.05, 4.69) is 52.3 Å². The van der Waals surface area contributed by atoms with E-state index in [1.807, 2.05) is 0 Å². The Morgan fingerprint density at radius 1 is 1.19 bits per heavy atom. The van der Waals surface area contributed by atoms with Crippen LogP contribution in [0.25, 0.3) is 0 Å². The molecule has 0 amide bonds. The van der Waals surface area contributed by atoms with Crippen LogP contribution in [0.1, 0.15) is 52.2 Å². The number of fused-ring (bicyclic) bond motifs is 2. The molecule has 2 aliphatic rings. The van der Waals surface area contributed by atoms with Gasteiger partial charge in [-0.3, -0.25) is 4.98 Å². The van der Waals surface area contributed by atoms with Gasteiger partial charge in [0.25, 0.3) is 0 Å². The molecule has 0 bridgehead atoms. The molecule has 0 aliphatic carbocycles. The van der Waals surface area contributed by atoms with Crippen molar-refractivity contribution in [1.82, 2.24) is 4.98 Å². The molecule has 5 heteroatoms. The highest BCUT2D eigenvalue weighted by Gasteiger charge is 2.25. The first kappa shape index (κ1) is 19.6. The molecule has 0 spiro atoms. The van der Waals surface area contributed by atoms with Crippen molar-refractivity contribution in [3.8, 4) is 5.75 Å². The van der Waals surface area contributed by atoms with Gasteiger partial charge in [0.05, 0.1) is 12.2 Å². The molecule has 31 heavy (non-hydrogen) atoms. The molecule has 0 saturated heterocycles. The molecule has 1 unspecified atom stereocenters. The van der Waals surface area contributed by atoms with Gasteiger partial charge in [-0.15, -0.1) is 0 Å². The largest absolute Gasteiger partial charge is 0.493 e. The minimum Gasteiger partial charge on any atom is -0.493 e. The SMILES string of the molecule is O=C(O)c1ccncc1CCC1CCOc2cc(N3CCCc4ccccc43)ccc21. The smallest absolute Gasteiger partial charge is 0.336 e. The highest BCUT2D eigenvalue weighted by atomic mass is 16.5. The summed E-state index contributed by atoms with van der Waals surface area (Å²) in [5, 5.41) is 9.43. The third kappa shape index (κ3) is 3.88. The maximum atomic E-state index is 11.5. The zero-order valence-electron chi connectivity index (χ0n) is 17.5. The van der Waals surface area contributed by atoms with Crippen LogP contribution in [0.4, 0.5) is 11.4 Å². The van der Waals surface area contributed by atoms with E-state index < -0.39 is 5.97 Å². The fourth-order valence-corrected chi connectivity index (χ4v) is 4.89. The topological polar surface area (TPSA) is 62.7 Å². The summed E-state index contributed by atoms with van der Waals surface area (Å²) in [4.78, 5) is 18.0. The van der Waals surface area contributed by atoms with Gasteiger partial charge >= 0.3 is 5.97 Å². The number of carboxylic acid groups (broad SMARTS) is 1. The fourth-order valence-electron chi connectivity index (χ4n) is 4.89. The van der Waals surface area contributed by atoms with E-state index in [0.717, 1.165) is 43.5 Å². The predicted octanol–water partition coefficient (Wildman–Crippen LogP) is 5.36. The molecule has 1 N–H and O–H groups in total. The molecule has 3 aromatic rings. The number of nitrogens with zero attached hydrogens (tertiary/aromatic N) is 2. The Balaban J connectivity index is 1.38. The fraction of sp³-hybridized carbons (Fsp3) is 0.308. The van der Waals surface area contributed by atoms with Crippen LogP contribution in [-0.4, -0.2) is 29.2 Å². The van der Waals surface area contributed by atoms with Crippen molar-refractivity contribution < 1.29 is 14.6 Å². The summed E-state index contributed by atoms with van der Waals surface area (Å²) in [7, 11) is 0. The number of para-hydroxylation sites is 1. The van der Waals surface area contributed by atoms with E-state index in [-0.39, 0.29) is 0 Å². The minimum atomic E-state index is -0.892. The van der Waals surface area contributed by atoms with Gasteiger partial charge in [-0.25, -0.2) is 4.79 Å². The number of aromatic carboxylic acids is 1. The molecular formula is C26H26N2O3. The molecule has 0 saturated carbocycles. The average molecular weight is 415 g/mol. The predicted molar refractivity (Wildman–Crippen MR) is 121 cm³/mol. The van der Waals surface area contributed by atoms with E-state index in [0.29, 0.717) is 24.5 Å². The molecule has 0 radical (unpaired) electrons. The van der Waals surface area contributed by atoms with Gasteiger partial charge in [-0.05, 0) is 72.9 Å². The molecule has 2 aromatic carbocycles. The minimum absolute atomic E-state index is 0.349. The first-order chi connectivity index (χ1) is 15.2. The van der Waals surface area contributed by atoms with E-state index in [9.17, 15) is 9.90 Å². The van der Waals surface area contributed by atoms with Gasteiger partial charge in [0, 0.05) is 36.4 Å². The number of hydrogen-bond acceptors (Lipinski definition) is 4. The third-order valence-corrected chi connectivity index (χ3v) is 6.48. The Bertz CT molecular complexity index is 1110. The second-order valence-electron chi connectivity index (χ2n) is 8.32. The summed E-state index contributed by atoms with van der Waals surface area (Å²) >= 11 is 0. The lowest BCUT2D eigenvalue weighted by atomic mass is 9.87. The van der Waals surface area contributed by atoms with Crippen LogP contribution in [-0.2, 0) is 12.8 Å². The zero-order valence-corrected chi connectivity index (χ0v) is 17.5. The maximum Gasteiger partial charge on any atom is 0.336 e. The molecule has 0 fully saturated rings. The van der Waals surface area contributed by atoms with E-state index >= 15 is 0 Å². The Hall–Kier alpha value is -3.34. The lowest BCUT2D eigenvalue weighted by molar-refractivity contribution is 0.0695. The Labute approximate surface area is 182 Å². The first-order valence-corrected chi connectivity index (χ1v) is 11.0. The number of ether oxygens (including phenoxy) is 1. The summed E-state index contributed by atoms with van der Waals surface area (Å²) in [6.45, 7) is 1.70. The van der Waals surface area contributed by atoms with Gasteiger partial charge in [-0.2, -0.15) is 0 Å². The Morgan fingerprint density at radius 3 is 3.00 bits per heavy atom. The summed E-state index contributed by atoms with van der Waals surface area (Å²) in [5.74, 6) is 0.422. The van der Waals surface area contributed by atoms with Crippen molar-refractivity contribution in [3.05, 3.63) is 83.2 Å². The number of benzene rings is 2. The van der Waals surface area contributed by atoms with E-state index in [4.69, 9.17) is 4.74 Å². The summed E-state index contributed by atoms with van der Waals surface area (Å²) < 4.78 is 6.05. The summed E-state index contributed by atoms with van der Waals surface area (Å²) in [5.41, 5.74) is 6.23. The van der Waals surface area contributed by atoms with Crippen molar-refractivity contribution in [2.24, 2.45) is 0 Å². The normalized spacial score (nSPS) is 17.4. The Morgan fingerprint density at radius 2 is 2.10 bits per heavy atom. The second-order valence-corrected chi connectivity index (χ2v) is 8.32. The number of carboxylic acids is 1.